The van der Waals surface area contributed by atoms with E-state index in [1.807, 2.05) is 6.07 Å². The molecule has 4 rings (SSSR count). The quantitative estimate of drug-likeness (QED) is 0.553. The van der Waals surface area contributed by atoms with E-state index >= 15 is 0 Å². The predicted octanol–water partition coefficient (Wildman–Crippen LogP) is 6.61. The Kier molecular flexibility index (Phi) is 5.47. The minimum atomic E-state index is -0.162. The Morgan fingerprint density at radius 2 is 1.78 bits per heavy atom. The van der Waals surface area contributed by atoms with Crippen molar-refractivity contribution in [3.05, 3.63) is 65.6 Å². The van der Waals surface area contributed by atoms with Crippen LogP contribution in [0.15, 0.2) is 48.5 Å². The van der Waals surface area contributed by atoms with Crippen molar-refractivity contribution >= 4 is 10.9 Å². The van der Waals surface area contributed by atoms with Crippen molar-refractivity contribution in [1.29, 1.82) is 0 Å². The van der Waals surface area contributed by atoms with Gasteiger partial charge in [0.1, 0.15) is 11.6 Å². The minimum absolute atomic E-state index is 0.162. The summed E-state index contributed by atoms with van der Waals surface area (Å²) in [7, 11) is 1.71. The van der Waals surface area contributed by atoms with E-state index in [1.54, 1.807) is 13.2 Å². The lowest BCUT2D eigenvalue weighted by molar-refractivity contribution is 0.351. The summed E-state index contributed by atoms with van der Waals surface area (Å²) in [6, 6.07) is 15.7. The fourth-order valence-electron chi connectivity index (χ4n) is 4.51. The standard InChI is InChI=1S/C24H28FNO/c1-27-22-11-7-18(8-12-22)14-17-4-2-3-5-19(9-6-17)24-16-20-15-21(25)10-13-23(20)26-24/h7-8,10-13,15-17,19,26H,2-6,9,14H2,1H3. The molecule has 1 fully saturated rings. The van der Waals surface area contributed by atoms with Gasteiger partial charge in [-0.1, -0.05) is 31.4 Å². The Balaban J connectivity index is 1.43. The predicted molar refractivity (Wildman–Crippen MR) is 109 cm³/mol. The van der Waals surface area contributed by atoms with Gasteiger partial charge in [-0.2, -0.15) is 0 Å². The van der Waals surface area contributed by atoms with Gasteiger partial charge >= 0.3 is 0 Å². The maximum Gasteiger partial charge on any atom is 0.123 e. The molecule has 0 amide bonds. The molecule has 2 nitrogen and oxygen atoms in total. The summed E-state index contributed by atoms with van der Waals surface area (Å²) in [6.07, 6.45) is 8.71. The van der Waals surface area contributed by atoms with Gasteiger partial charge in [-0.05, 0) is 79.5 Å². The first-order chi connectivity index (χ1) is 13.2. The van der Waals surface area contributed by atoms with Crippen LogP contribution >= 0.6 is 0 Å². The third kappa shape index (κ3) is 4.35. The molecule has 0 saturated heterocycles. The van der Waals surface area contributed by atoms with E-state index in [1.165, 1.54) is 55.8 Å². The number of rotatable bonds is 4. The van der Waals surface area contributed by atoms with E-state index in [-0.39, 0.29) is 5.82 Å². The molecule has 2 unspecified atom stereocenters. The van der Waals surface area contributed by atoms with Crippen molar-refractivity contribution in [2.45, 2.75) is 50.9 Å². The van der Waals surface area contributed by atoms with Gasteiger partial charge in [0.15, 0.2) is 0 Å². The average Bonchev–Trinajstić information content (AvgIpc) is 3.07. The van der Waals surface area contributed by atoms with Crippen LogP contribution in [0.5, 0.6) is 5.75 Å². The molecule has 1 aliphatic carbocycles. The smallest absolute Gasteiger partial charge is 0.123 e. The van der Waals surface area contributed by atoms with Crippen molar-refractivity contribution in [2.24, 2.45) is 5.92 Å². The number of H-pyrrole nitrogens is 1. The Morgan fingerprint density at radius 1 is 0.963 bits per heavy atom. The molecular formula is C24H28FNO. The van der Waals surface area contributed by atoms with Gasteiger partial charge in [0.2, 0.25) is 0 Å². The first-order valence-corrected chi connectivity index (χ1v) is 10.1. The Bertz CT molecular complexity index is 883. The molecule has 0 spiro atoms. The summed E-state index contributed by atoms with van der Waals surface area (Å²) in [5, 5.41) is 0.988. The number of methoxy groups -OCH3 is 1. The molecule has 1 aromatic heterocycles. The second-order valence-corrected chi connectivity index (χ2v) is 7.93. The van der Waals surface area contributed by atoms with Crippen molar-refractivity contribution in [2.75, 3.05) is 7.11 Å². The zero-order valence-electron chi connectivity index (χ0n) is 16.0. The number of nitrogens with one attached hydrogen (secondary N) is 1. The highest BCUT2D eigenvalue weighted by Crippen LogP contribution is 2.35. The summed E-state index contributed by atoms with van der Waals surface area (Å²) in [4.78, 5) is 3.54. The highest BCUT2D eigenvalue weighted by Gasteiger charge is 2.20. The fraction of sp³-hybridized carbons (Fsp3) is 0.417. The molecule has 2 aromatic carbocycles. The van der Waals surface area contributed by atoms with E-state index in [2.05, 4.69) is 35.3 Å². The summed E-state index contributed by atoms with van der Waals surface area (Å²) < 4.78 is 18.8. The number of hydrogen-bond acceptors (Lipinski definition) is 1. The normalized spacial score (nSPS) is 21.0. The average molecular weight is 365 g/mol. The van der Waals surface area contributed by atoms with E-state index in [9.17, 15) is 4.39 Å². The van der Waals surface area contributed by atoms with Crippen LogP contribution in [0.4, 0.5) is 4.39 Å². The lowest BCUT2D eigenvalue weighted by Gasteiger charge is -2.25. The SMILES string of the molecule is COc1ccc(CC2CCCCC(c3cc4cc(F)ccc4[nH]3)CC2)cc1. The number of aromatic amines is 1. The van der Waals surface area contributed by atoms with Gasteiger partial charge in [-0.15, -0.1) is 0 Å². The van der Waals surface area contributed by atoms with E-state index in [4.69, 9.17) is 4.74 Å². The maximum atomic E-state index is 13.5. The van der Waals surface area contributed by atoms with Crippen LogP contribution in [0, 0.1) is 11.7 Å². The highest BCUT2D eigenvalue weighted by molar-refractivity contribution is 5.80. The van der Waals surface area contributed by atoms with E-state index < -0.39 is 0 Å². The van der Waals surface area contributed by atoms with Crippen molar-refractivity contribution in [3.63, 3.8) is 0 Å². The second-order valence-electron chi connectivity index (χ2n) is 7.93. The summed E-state index contributed by atoms with van der Waals surface area (Å²) in [6.45, 7) is 0. The van der Waals surface area contributed by atoms with Gasteiger partial charge in [0.25, 0.3) is 0 Å². The van der Waals surface area contributed by atoms with Gasteiger partial charge in [-0.25, -0.2) is 4.39 Å². The third-order valence-corrected chi connectivity index (χ3v) is 6.07. The molecule has 0 radical (unpaired) electrons. The molecule has 0 bridgehead atoms. The Labute approximate surface area is 160 Å². The monoisotopic (exact) mass is 365 g/mol. The molecule has 1 saturated carbocycles. The largest absolute Gasteiger partial charge is 0.497 e. The van der Waals surface area contributed by atoms with Crippen LogP contribution < -0.4 is 4.74 Å². The number of aromatic nitrogens is 1. The molecule has 1 N–H and O–H groups in total. The molecule has 1 heterocycles. The van der Waals surface area contributed by atoms with Gasteiger partial charge in [0, 0.05) is 16.6 Å². The summed E-state index contributed by atoms with van der Waals surface area (Å²) >= 11 is 0. The number of hydrogen-bond donors (Lipinski definition) is 1. The number of halogens is 1. The van der Waals surface area contributed by atoms with E-state index in [0.29, 0.717) is 5.92 Å². The van der Waals surface area contributed by atoms with Crippen LogP contribution in [-0.2, 0) is 6.42 Å². The molecule has 0 aliphatic heterocycles. The molecule has 3 heteroatoms. The van der Waals surface area contributed by atoms with Crippen molar-refractivity contribution in [1.82, 2.24) is 4.98 Å². The first kappa shape index (κ1) is 18.1. The number of fused-ring (bicyclic) bond motifs is 1. The lowest BCUT2D eigenvalue weighted by atomic mass is 9.81. The summed E-state index contributed by atoms with van der Waals surface area (Å²) in [5.41, 5.74) is 3.72. The third-order valence-electron chi connectivity index (χ3n) is 6.07. The second kappa shape index (κ2) is 8.16. The molecule has 3 aromatic rings. The molecule has 142 valence electrons. The van der Waals surface area contributed by atoms with Crippen molar-refractivity contribution < 1.29 is 9.13 Å². The maximum absolute atomic E-state index is 13.5. The van der Waals surface area contributed by atoms with Gasteiger partial charge in [0.05, 0.1) is 7.11 Å². The van der Waals surface area contributed by atoms with Crippen molar-refractivity contribution in [3.8, 4) is 5.75 Å². The minimum Gasteiger partial charge on any atom is -0.497 e. The number of ether oxygens (including phenoxy) is 1. The van der Waals surface area contributed by atoms with Crippen LogP contribution in [-0.4, -0.2) is 12.1 Å². The van der Waals surface area contributed by atoms with E-state index in [0.717, 1.165) is 29.0 Å². The molecule has 1 aliphatic rings. The lowest BCUT2D eigenvalue weighted by Crippen LogP contribution is -2.11. The fourth-order valence-corrected chi connectivity index (χ4v) is 4.51. The molecule has 27 heavy (non-hydrogen) atoms. The zero-order chi connectivity index (χ0) is 18.6. The van der Waals surface area contributed by atoms with Gasteiger partial charge < -0.3 is 9.72 Å². The Hall–Kier alpha value is -2.29. The van der Waals surface area contributed by atoms with Crippen LogP contribution in [0.2, 0.25) is 0 Å². The zero-order valence-corrected chi connectivity index (χ0v) is 16.0. The Morgan fingerprint density at radius 3 is 2.59 bits per heavy atom. The number of benzene rings is 2. The summed E-state index contributed by atoms with van der Waals surface area (Å²) in [5.74, 6) is 2.05. The first-order valence-electron chi connectivity index (χ1n) is 10.1. The highest BCUT2D eigenvalue weighted by atomic mass is 19.1. The molecule has 2 atom stereocenters. The van der Waals surface area contributed by atoms with Crippen LogP contribution in [0.1, 0.15) is 55.7 Å². The van der Waals surface area contributed by atoms with Crippen LogP contribution in [0.25, 0.3) is 10.9 Å². The van der Waals surface area contributed by atoms with Crippen LogP contribution in [0.3, 0.4) is 0 Å². The topological polar surface area (TPSA) is 25.0 Å². The van der Waals surface area contributed by atoms with Gasteiger partial charge in [-0.3, -0.25) is 0 Å². The molecular weight excluding hydrogens is 337 g/mol.